The molecule has 1 aliphatic carbocycles. The van der Waals surface area contributed by atoms with Gasteiger partial charge in [0.25, 0.3) is 0 Å². The molecule has 3 rings (SSSR count). The van der Waals surface area contributed by atoms with E-state index in [0.29, 0.717) is 10.6 Å². The average Bonchev–Trinajstić information content (AvgIpc) is 3.34. The average molecular weight is 404 g/mol. The first-order valence-corrected chi connectivity index (χ1v) is 10.4. The number of esters is 1. The van der Waals surface area contributed by atoms with E-state index in [9.17, 15) is 18.5 Å². The molecule has 0 amide bonds. The van der Waals surface area contributed by atoms with Gasteiger partial charge in [-0.1, -0.05) is 41.4 Å². The van der Waals surface area contributed by atoms with Gasteiger partial charge in [-0.2, -0.15) is 5.26 Å². The lowest BCUT2D eigenvalue weighted by Crippen LogP contribution is -2.25. The summed E-state index contributed by atoms with van der Waals surface area (Å²) < 4.78 is 31.6. The van der Waals surface area contributed by atoms with Crippen LogP contribution >= 0.6 is 11.6 Å². The molecule has 27 heavy (non-hydrogen) atoms. The molecular weight excluding hydrogens is 386 g/mol. The molecule has 2 aromatic rings. The molecule has 1 aliphatic rings. The second-order valence-electron chi connectivity index (χ2n) is 6.51. The minimum atomic E-state index is -3.94. The highest BCUT2D eigenvalue weighted by Gasteiger charge is 2.77. The van der Waals surface area contributed by atoms with E-state index in [1.165, 1.54) is 12.1 Å². The molecule has 0 N–H and O–H groups in total. The molecule has 0 aliphatic heterocycles. The van der Waals surface area contributed by atoms with Crippen LogP contribution in [0.15, 0.2) is 53.4 Å². The van der Waals surface area contributed by atoms with Crippen molar-refractivity contribution in [1.29, 1.82) is 5.26 Å². The first-order chi connectivity index (χ1) is 12.8. The number of aryl methyl sites for hydroxylation is 1. The van der Waals surface area contributed by atoms with E-state index in [1.54, 1.807) is 43.3 Å². The predicted octanol–water partition coefficient (Wildman–Crippen LogP) is 3.66. The van der Waals surface area contributed by atoms with Crippen molar-refractivity contribution in [3.63, 3.8) is 0 Å². The molecule has 2 aromatic carbocycles. The van der Waals surface area contributed by atoms with Crippen LogP contribution in [0.25, 0.3) is 0 Å². The number of carbonyl (C=O) groups excluding carboxylic acids is 1. The van der Waals surface area contributed by atoms with Crippen LogP contribution in [-0.2, 0) is 19.4 Å². The Morgan fingerprint density at radius 2 is 1.93 bits per heavy atom. The van der Waals surface area contributed by atoms with Gasteiger partial charge >= 0.3 is 5.97 Å². The Hall–Kier alpha value is -2.36. The highest BCUT2D eigenvalue weighted by atomic mass is 35.5. The summed E-state index contributed by atoms with van der Waals surface area (Å²) in [5.41, 5.74) is -0.351. The van der Waals surface area contributed by atoms with Gasteiger partial charge in [-0.05, 0) is 43.7 Å². The summed E-state index contributed by atoms with van der Waals surface area (Å²) in [5, 5.41) is 9.01. The molecule has 1 saturated carbocycles. The van der Waals surface area contributed by atoms with Crippen molar-refractivity contribution < 1.29 is 17.9 Å². The van der Waals surface area contributed by atoms with Crippen LogP contribution in [0.2, 0.25) is 5.02 Å². The molecule has 0 saturated heterocycles. The smallest absolute Gasteiger partial charge is 0.328 e. The van der Waals surface area contributed by atoms with Gasteiger partial charge in [-0.15, -0.1) is 0 Å². The van der Waals surface area contributed by atoms with E-state index in [0.717, 1.165) is 5.56 Å². The minimum Gasteiger partial charge on any atom is -0.465 e. The van der Waals surface area contributed by atoms with Crippen molar-refractivity contribution in [1.82, 2.24) is 0 Å². The molecule has 7 heteroatoms. The Balaban J connectivity index is 2.14. The van der Waals surface area contributed by atoms with Crippen LogP contribution in [0.5, 0.6) is 0 Å². The summed E-state index contributed by atoms with van der Waals surface area (Å²) in [6, 6.07) is 14.9. The zero-order chi connectivity index (χ0) is 19.8. The molecule has 0 radical (unpaired) electrons. The fraction of sp³-hybridized carbons (Fsp3) is 0.300. The van der Waals surface area contributed by atoms with Crippen LogP contribution in [0.3, 0.4) is 0 Å². The zero-order valence-electron chi connectivity index (χ0n) is 14.8. The lowest BCUT2D eigenvalue weighted by Gasteiger charge is -2.09. The topological polar surface area (TPSA) is 84.2 Å². The second-order valence-corrected chi connectivity index (χ2v) is 9.02. The summed E-state index contributed by atoms with van der Waals surface area (Å²) in [6.45, 7) is 3.52. The lowest BCUT2D eigenvalue weighted by atomic mass is 10.0. The van der Waals surface area contributed by atoms with Crippen molar-refractivity contribution in [2.24, 2.45) is 5.41 Å². The summed E-state index contributed by atoms with van der Waals surface area (Å²) in [6.07, 6.45) is 0. The van der Waals surface area contributed by atoms with Gasteiger partial charge in [-0.25, -0.2) is 8.42 Å². The number of nitrogens with zero attached hydrogens (tertiary/aromatic N) is 1. The summed E-state index contributed by atoms with van der Waals surface area (Å²) in [4.78, 5) is 12.7. The fourth-order valence-electron chi connectivity index (χ4n) is 3.46. The molecule has 5 nitrogen and oxygen atoms in total. The highest BCUT2D eigenvalue weighted by Crippen LogP contribution is 2.64. The van der Waals surface area contributed by atoms with E-state index < -0.39 is 32.4 Å². The van der Waals surface area contributed by atoms with Crippen molar-refractivity contribution in [2.75, 3.05) is 6.61 Å². The quantitative estimate of drug-likeness (QED) is 0.711. The van der Waals surface area contributed by atoms with Gasteiger partial charge < -0.3 is 4.74 Å². The Morgan fingerprint density at radius 3 is 2.48 bits per heavy atom. The van der Waals surface area contributed by atoms with Crippen LogP contribution in [0.4, 0.5) is 0 Å². The Morgan fingerprint density at radius 1 is 1.26 bits per heavy atom. The van der Waals surface area contributed by atoms with Gasteiger partial charge in [0.1, 0.15) is 5.25 Å². The van der Waals surface area contributed by atoms with E-state index in [-0.39, 0.29) is 11.5 Å². The maximum Gasteiger partial charge on any atom is 0.328 e. The van der Waals surface area contributed by atoms with Crippen LogP contribution < -0.4 is 0 Å². The fourth-order valence-corrected chi connectivity index (χ4v) is 5.91. The van der Waals surface area contributed by atoms with Crippen LogP contribution in [0, 0.1) is 23.7 Å². The number of rotatable bonds is 5. The van der Waals surface area contributed by atoms with E-state index in [1.807, 2.05) is 13.0 Å². The number of carbonyl (C=O) groups is 1. The summed E-state index contributed by atoms with van der Waals surface area (Å²) in [7, 11) is -3.94. The minimum absolute atomic E-state index is 0.0574. The van der Waals surface area contributed by atoms with Gasteiger partial charge in [0.15, 0.2) is 15.3 Å². The van der Waals surface area contributed by atoms with Crippen LogP contribution in [-0.4, -0.2) is 26.2 Å². The molecule has 0 unspecified atom stereocenters. The standard InChI is InChI=1S/C20H18ClNO4S/c1-3-26-19(23)20(12-22)17(14-5-4-6-15(21)11-14)18(20)27(24,25)16-9-7-13(2)8-10-16/h4-11,17-18H,3H2,1-2H3/t17-,18-,20+/m0/s1. The molecule has 0 spiro atoms. The lowest BCUT2D eigenvalue weighted by molar-refractivity contribution is -0.147. The van der Waals surface area contributed by atoms with Crippen molar-refractivity contribution >= 4 is 27.4 Å². The molecule has 140 valence electrons. The normalized spacial score (nSPS) is 24.1. The Kier molecular flexibility index (Phi) is 5.02. The highest BCUT2D eigenvalue weighted by molar-refractivity contribution is 7.92. The molecular formula is C20H18ClNO4S. The van der Waals surface area contributed by atoms with Gasteiger partial charge in [0.05, 0.1) is 17.6 Å². The van der Waals surface area contributed by atoms with Crippen molar-refractivity contribution in [3.8, 4) is 6.07 Å². The maximum atomic E-state index is 13.3. The monoisotopic (exact) mass is 403 g/mol. The third-order valence-electron chi connectivity index (χ3n) is 4.82. The van der Waals surface area contributed by atoms with Crippen molar-refractivity contribution in [3.05, 3.63) is 64.7 Å². The molecule has 1 fully saturated rings. The first kappa shape index (κ1) is 19.4. The molecule has 0 bridgehead atoms. The summed E-state index contributed by atoms with van der Waals surface area (Å²) >= 11 is 6.04. The van der Waals surface area contributed by atoms with Crippen LogP contribution in [0.1, 0.15) is 24.0 Å². The van der Waals surface area contributed by atoms with Gasteiger partial charge in [0.2, 0.25) is 0 Å². The third-order valence-corrected chi connectivity index (χ3v) is 7.30. The van der Waals surface area contributed by atoms with Gasteiger partial charge in [0, 0.05) is 10.9 Å². The van der Waals surface area contributed by atoms with E-state index in [2.05, 4.69) is 0 Å². The van der Waals surface area contributed by atoms with E-state index in [4.69, 9.17) is 16.3 Å². The number of ether oxygens (including phenoxy) is 1. The maximum absolute atomic E-state index is 13.3. The summed E-state index contributed by atoms with van der Waals surface area (Å²) in [5.74, 6) is -1.66. The third kappa shape index (κ3) is 3.11. The molecule has 0 heterocycles. The Bertz CT molecular complexity index is 1030. The predicted molar refractivity (Wildman–Crippen MR) is 101 cm³/mol. The number of sulfone groups is 1. The number of benzene rings is 2. The first-order valence-electron chi connectivity index (χ1n) is 8.43. The number of halogens is 1. The number of hydrogen-bond acceptors (Lipinski definition) is 5. The number of nitriles is 1. The molecule has 3 atom stereocenters. The largest absolute Gasteiger partial charge is 0.465 e. The van der Waals surface area contributed by atoms with Gasteiger partial charge in [-0.3, -0.25) is 4.79 Å². The number of hydrogen-bond donors (Lipinski definition) is 0. The van der Waals surface area contributed by atoms with E-state index >= 15 is 0 Å². The molecule has 0 aromatic heterocycles. The zero-order valence-corrected chi connectivity index (χ0v) is 16.4. The Labute approximate surface area is 163 Å². The second kappa shape index (κ2) is 6.99. The van der Waals surface area contributed by atoms with Crippen molar-refractivity contribution in [2.45, 2.75) is 29.9 Å². The SMILES string of the molecule is CCOC(=O)[C@]1(C#N)[C@@H](c2cccc(Cl)c2)[C@@H]1S(=O)(=O)c1ccc(C)cc1.